The van der Waals surface area contributed by atoms with Crippen LogP contribution in [0.25, 0.3) is 0 Å². The van der Waals surface area contributed by atoms with Crippen LogP contribution in [0, 0.1) is 5.92 Å². The predicted molar refractivity (Wildman–Crippen MR) is 142 cm³/mol. The van der Waals surface area contributed by atoms with Crippen LogP contribution in [0.4, 0.5) is 0 Å². The first-order valence-corrected chi connectivity index (χ1v) is 13.6. The molecule has 5 rings (SSSR count). The summed E-state index contributed by atoms with van der Waals surface area (Å²) in [5.74, 6) is 0.692. The van der Waals surface area contributed by atoms with Crippen molar-refractivity contribution in [2.24, 2.45) is 5.92 Å². The maximum absolute atomic E-state index is 12.4. The second kappa shape index (κ2) is 11.2. The van der Waals surface area contributed by atoms with Crippen molar-refractivity contribution in [1.82, 2.24) is 20.2 Å². The molecule has 1 aliphatic carbocycles. The van der Waals surface area contributed by atoms with Gasteiger partial charge in [0.2, 0.25) is 5.91 Å². The Labute approximate surface area is 220 Å². The van der Waals surface area contributed by atoms with E-state index in [0.29, 0.717) is 18.9 Å². The van der Waals surface area contributed by atoms with Gasteiger partial charge in [-0.25, -0.2) is 0 Å². The lowest BCUT2D eigenvalue weighted by Crippen LogP contribution is -2.38. The maximum Gasteiger partial charge on any atom is 0.220 e. The summed E-state index contributed by atoms with van der Waals surface area (Å²) < 4.78 is 1.03. The lowest BCUT2D eigenvalue weighted by molar-refractivity contribution is -0.121. The minimum absolute atomic E-state index is 0.120. The van der Waals surface area contributed by atoms with E-state index >= 15 is 0 Å². The molecule has 3 aromatic rings. The van der Waals surface area contributed by atoms with E-state index in [4.69, 9.17) is 16.6 Å². The molecule has 1 amide bonds. The van der Waals surface area contributed by atoms with Crippen LogP contribution in [-0.2, 0) is 24.2 Å². The summed E-state index contributed by atoms with van der Waals surface area (Å²) >= 11 is 9.97. The van der Waals surface area contributed by atoms with Crippen molar-refractivity contribution in [1.29, 1.82) is 0 Å². The average molecular weight is 554 g/mol. The van der Waals surface area contributed by atoms with Gasteiger partial charge in [0.25, 0.3) is 0 Å². The number of pyridine rings is 2. The van der Waals surface area contributed by atoms with E-state index in [0.717, 1.165) is 60.3 Å². The van der Waals surface area contributed by atoms with Gasteiger partial charge in [0.1, 0.15) is 0 Å². The molecule has 182 valence electrons. The fourth-order valence-corrected chi connectivity index (χ4v) is 5.98. The molecule has 0 radical (unpaired) electrons. The van der Waals surface area contributed by atoms with Crippen LogP contribution in [-0.4, -0.2) is 33.9 Å². The number of amides is 1. The first-order valence-electron chi connectivity index (χ1n) is 12.4. The Bertz CT molecular complexity index is 1130. The van der Waals surface area contributed by atoms with Gasteiger partial charge < -0.3 is 5.32 Å². The average Bonchev–Trinajstić information content (AvgIpc) is 3.03. The first kappa shape index (κ1) is 24.4. The number of carbonyl (C=O) groups excluding carboxylic acids is 1. The normalized spacial score (nSPS) is 18.4. The monoisotopic (exact) mass is 552 g/mol. The van der Waals surface area contributed by atoms with E-state index < -0.39 is 0 Å². The fraction of sp³-hybridized carbons (Fsp3) is 0.393. The van der Waals surface area contributed by atoms with E-state index in [1.807, 2.05) is 24.4 Å². The minimum atomic E-state index is 0.120. The van der Waals surface area contributed by atoms with Gasteiger partial charge in [0.15, 0.2) is 0 Å². The van der Waals surface area contributed by atoms with Crippen LogP contribution in [0.15, 0.2) is 59.5 Å². The highest BCUT2D eigenvalue weighted by Crippen LogP contribution is 2.39. The molecular formula is C28H30BrClN4O. The van der Waals surface area contributed by atoms with Crippen LogP contribution in [0.3, 0.4) is 0 Å². The van der Waals surface area contributed by atoms with Crippen molar-refractivity contribution in [3.05, 3.63) is 92.4 Å². The number of fused-ring (bicyclic) bond motifs is 2. The molecule has 1 aliphatic heterocycles. The zero-order chi connectivity index (χ0) is 24.2. The van der Waals surface area contributed by atoms with Gasteiger partial charge in [-0.2, -0.15) is 0 Å². The highest BCUT2D eigenvalue weighted by atomic mass is 79.9. The summed E-state index contributed by atoms with van der Waals surface area (Å²) in [7, 11) is 0. The van der Waals surface area contributed by atoms with Gasteiger partial charge in [-0.1, -0.05) is 23.7 Å². The molecular weight excluding hydrogens is 524 g/mol. The molecule has 5 nitrogen and oxygen atoms in total. The molecule has 1 aromatic carbocycles. The molecule has 1 fully saturated rings. The van der Waals surface area contributed by atoms with Crippen molar-refractivity contribution >= 4 is 33.4 Å². The van der Waals surface area contributed by atoms with Gasteiger partial charge in [-0.05, 0) is 114 Å². The Morgan fingerprint density at radius 3 is 2.74 bits per heavy atom. The molecule has 1 atom stereocenters. The number of benzene rings is 1. The van der Waals surface area contributed by atoms with Crippen LogP contribution in [0.2, 0.25) is 5.02 Å². The highest BCUT2D eigenvalue weighted by Gasteiger charge is 2.32. The number of aromatic nitrogens is 2. The summed E-state index contributed by atoms with van der Waals surface area (Å²) in [6.45, 7) is 2.55. The van der Waals surface area contributed by atoms with E-state index in [1.54, 1.807) is 12.4 Å². The topological polar surface area (TPSA) is 58.1 Å². The molecule has 7 heteroatoms. The largest absolute Gasteiger partial charge is 0.352 e. The molecule has 1 unspecified atom stereocenters. The number of hydrogen-bond donors (Lipinski definition) is 1. The van der Waals surface area contributed by atoms with E-state index in [9.17, 15) is 4.79 Å². The lowest BCUT2D eigenvalue weighted by atomic mass is 9.89. The smallest absolute Gasteiger partial charge is 0.220 e. The Morgan fingerprint density at radius 2 is 1.94 bits per heavy atom. The van der Waals surface area contributed by atoms with Crippen LogP contribution < -0.4 is 5.32 Å². The second-order valence-corrected chi connectivity index (χ2v) is 11.0. The molecule has 0 bridgehead atoms. The van der Waals surface area contributed by atoms with Crippen molar-refractivity contribution in [2.75, 3.05) is 13.1 Å². The summed E-state index contributed by atoms with van der Waals surface area (Å²) in [5.41, 5.74) is 6.16. The third-order valence-corrected chi connectivity index (χ3v) is 7.97. The summed E-state index contributed by atoms with van der Waals surface area (Å²) in [6, 6.07) is 12.6. The third kappa shape index (κ3) is 5.93. The number of piperidine rings is 1. The second-order valence-electron chi connectivity index (χ2n) is 9.60. The van der Waals surface area contributed by atoms with Gasteiger partial charge in [0, 0.05) is 41.1 Å². The number of aryl methyl sites for hydroxylation is 2. The zero-order valence-corrected chi connectivity index (χ0v) is 22.1. The predicted octanol–water partition coefficient (Wildman–Crippen LogP) is 5.89. The van der Waals surface area contributed by atoms with Crippen LogP contribution >= 0.6 is 27.5 Å². The molecule has 1 saturated heterocycles. The van der Waals surface area contributed by atoms with Gasteiger partial charge in [-0.15, -0.1) is 0 Å². The number of likely N-dealkylation sites (tertiary alicyclic amines) is 1. The third-order valence-electron chi connectivity index (χ3n) is 7.30. The quantitative estimate of drug-likeness (QED) is 0.414. The van der Waals surface area contributed by atoms with Gasteiger partial charge in [0.05, 0.1) is 11.7 Å². The number of nitrogens with zero attached hydrogens (tertiary/aromatic N) is 3. The minimum Gasteiger partial charge on any atom is -0.352 e. The Balaban J connectivity index is 1.22. The number of nitrogens with one attached hydrogen (secondary N) is 1. The Morgan fingerprint density at radius 1 is 1.11 bits per heavy atom. The molecule has 2 aliphatic rings. The van der Waals surface area contributed by atoms with Crippen molar-refractivity contribution in [3.63, 3.8) is 0 Å². The van der Waals surface area contributed by atoms with Crippen LogP contribution in [0.5, 0.6) is 0 Å². The van der Waals surface area contributed by atoms with Crippen LogP contribution in [0.1, 0.15) is 59.7 Å². The fourth-order valence-electron chi connectivity index (χ4n) is 5.41. The maximum atomic E-state index is 12.4. The van der Waals surface area contributed by atoms with E-state index in [1.165, 1.54) is 22.4 Å². The molecule has 2 aromatic heterocycles. The summed E-state index contributed by atoms with van der Waals surface area (Å²) in [6.07, 6.45) is 11.1. The van der Waals surface area contributed by atoms with E-state index in [2.05, 4.69) is 49.3 Å². The number of hydrogen-bond acceptors (Lipinski definition) is 4. The molecule has 0 saturated carbocycles. The Kier molecular flexibility index (Phi) is 7.81. The van der Waals surface area contributed by atoms with Crippen molar-refractivity contribution in [3.8, 4) is 0 Å². The molecule has 35 heavy (non-hydrogen) atoms. The first-order chi connectivity index (χ1) is 17.1. The number of halogens is 2. The zero-order valence-electron chi connectivity index (χ0n) is 19.7. The molecule has 0 spiro atoms. The SMILES string of the molecule is O=C(CCC1CCN(C2c3ccc(Cl)cc3CCc3cc(Br)cnc32)CC1)NCc1cccnc1. The number of rotatable bonds is 6. The van der Waals surface area contributed by atoms with E-state index in [-0.39, 0.29) is 11.9 Å². The molecule has 1 N–H and O–H groups in total. The van der Waals surface area contributed by atoms with Gasteiger partial charge in [-0.3, -0.25) is 19.7 Å². The highest BCUT2D eigenvalue weighted by molar-refractivity contribution is 9.10. The standard InChI is InChI=1S/C28H30BrClN4O/c29-23-14-22-5-4-21-15-24(30)6-7-25(21)28(27(22)33-18-23)34-12-9-19(10-13-34)3-8-26(35)32-17-20-2-1-11-31-16-20/h1-2,6-7,11,14-16,18-19,28H,3-5,8-10,12-13,17H2,(H,32,35). The van der Waals surface area contributed by atoms with Crippen molar-refractivity contribution < 1.29 is 4.79 Å². The van der Waals surface area contributed by atoms with Crippen molar-refractivity contribution in [2.45, 2.75) is 51.1 Å². The summed E-state index contributed by atoms with van der Waals surface area (Å²) in [4.78, 5) is 24.0. The molecule has 3 heterocycles. The Hall–Kier alpha value is -2.28. The summed E-state index contributed by atoms with van der Waals surface area (Å²) in [5, 5.41) is 3.82. The number of carbonyl (C=O) groups is 1. The lowest BCUT2D eigenvalue weighted by Gasteiger charge is -2.38. The van der Waals surface area contributed by atoms with Gasteiger partial charge >= 0.3 is 0 Å².